The van der Waals surface area contributed by atoms with Crippen molar-refractivity contribution in [1.82, 2.24) is 25.9 Å². The molecular formula is C27H31FN8O. The van der Waals surface area contributed by atoms with Crippen molar-refractivity contribution in [2.45, 2.75) is 45.7 Å². The van der Waals surface area contributed by atoms with Crippen molar-refractivity contribution >= 4 is 22.3 Å². The third-order valence-corrected chi connectivity index (χ3v) is 6.33. The van der Waals surface area contributed by atoms with Crippen LogP contribution >= 0.6 is 0 Å². The van der Waals surface area contributed by atoms with Crippen molar-refractivity contribution in [3.8, 4) is 11.8 Å². The van der Waals surface area contributed by atoms with Crippen LogP contribution < -0.4 is 26.3 Å². The predicted molar refractivity (Wildman–Crippen MR) is 141 cm³/mol. The zero-order valence-electron chi connectivity index (χ0n) is 21.4. The summed E-state index contributed by atoms with van der Waals surface area (Å²) < 4.78 is 19.3. The molecule has 4 N–H and O–H groups in total. The summed E-state index contributed by atoms with van der Waals surface area (Å²) in [7, 11) is 1.60. The minimum Gasteiger partial charge on any atom is -0.494 e. The van der Waals surface area contributed by atoms with Gasteiger partial charge < -0.3 is 20.8 Å². The van der Waals surface area contributed by atoms with E-state index in [9.17, 15) is 9.65 Å². The second-order valence-electron chi connectivity index (χ2n) is 10.6. The number of aromatic nitrogens is 2. The smallest absolute Gasteiger partial charge is 0.212 e. The predicted octanol–water partition coefficient (Wildman–Crippen LogP) is 4.59. The van der Waals surface area contributed by atoms with E-state index in [0.717, 1.165) is 35.2 Å². The first kappa shape index (κ1) is 24.6. The molecule has 1 atom stereocenters. The standard InChI is InChI=1S/C27H31FN8O/c1-27(2,3)15-32-24-17(11-29)13-31-26-20(24)9-18(10-22(26)37-4)33-25(16-5-8-23(28)30-12-16)21-14-36(35-34-21)19-6-7-19/h5,8-10,12-14,19,25,33-35H,6-7,15H2,1-4H3,(H,31,32). The van der Waals surface area contributed by atoms with Gasteiger partial charge in [0.15, 0.2) is 0 Å². The van der Waals surface area contributed by atoms with E-state index in [-0.39, 0.29) is 11.5 Å². The molecule has 0 saturated heterocycles. The summed E-state index contributed by atoms with van der Waals surface area (Å²) in [5, 5.41) is 19.6. The maximum atomic E-state index is 13.6. The number of ether oxygens (including phenoxy) is 1. The molecule has 0 bridgehead atoms. The number of hydrogen-bond donors (Lipinski definition) is 4. The Hall–Kier alpha value is -4.10. The summed E-state index contributed by atoms with van der Waals surface area (Å²) in [6.45, 7) is 7.06. The quantitative estimate of drug-likeness (QED) is 0.329. The summed E-state index contributed by atoms with van der Waals surface area (Å²) in [5.74, 6) is 0.0380. The van der Waals surface area contributed by atoms with Crippen LogP contribution in [0.3, 0.4) is 0 Å². The molecule has 10 heteroatoms. The largest absolute Gasteiger partial charge is 0.494 e. The minimum atomic E-state index is -0.536. The lowest BCUT2D eigenvalue weighted by Gasteiger charge is -2.23. The maximum absolute atomic E-state index is 13.6. The highest BCUT2D eigenvalue weighted by atomic mass is 19.1. The molecule has 1 aromatic carbocycles. The number of fused-ring (bicyclic) bond motifs is 1. The summed E-state index contributed by atoms with van der Waals surface area (Å²) in [6, 6.07) is 9.26. The molecule has 37 heavy (non-hydrogen) atoms. The van der Waals surface area contributed by atoms with E-state index < -0.39 is 5.95 Å². The van der Waals surface area contributed by atoms with Crippen molar-refractivity contribution in [3.05, 3.63) is 65.6 Å². The van der Waals surface area contributed by atoms with Gasteiger partial charge in [-0.05, 0) is 36.0 Å². The number of hydrogen-bond acceptors (Lipinski definition) is 9. The highest BCUT2D eigenvalue weighted by molar-refractivity contribution is 5.99. The van der Waals surface area contributed by atoms with Gasteiger partial charge in [0.1, 0.15) is 17.3 Å². The maximum Gasteiger partial charge on any atom is 0.212 e. The van der Waals surface area contributed by atoms with E-state index in [2.05, 4.69) is 63.4 Å². The van der Waals surface area contributed by atoms with Crippen LogP contribution in [0.1, 0.15) is 50.8 Å². The molecule has 2 aliphatic rings. The van der Waals surface area contributed by atoms with Crippen LogP contribution in [0.4, 0.5) is 15.8 Å². The van der Waals surface area contributed by atoms with Gasteiger partial charge >= 0.3 is 0 Å². The summed E-state index contributed by atoms with van der Waals surface area (Å²) in [4.78, 5) is 8.39. The molecule has 3 aromatic rings. The Bertz CT molecular complexity index is 1370. The van der Waals surface area contributed by atoms with Crippen molar-refractivity contribution in [2.75, 3.05) is 24.3 Å². The lowest BCUT2D eigenvalue weighted by molar-refractivity contribution is 0.260. The fourth-order valence-electron chi connectivity index (χ4n) is 4.24. The second-order valence-corrected chi connectivity index (χ2v) is 10.6. The highest BCUT2D eigenvalue weighted by Crippen LogP contribution is 2.38. The number of hydrazine groups is 2. The van der Waals surface area contributed by atoms with Crippen molar-refractivity contribution in [2.24, 2.45) is 5.41 Å². The van der Waals surface area contributed by atoms with Gasteiger partial charge in [-0.15, -0.1) is 5.53 Å². The molecule has 0 radical (unpaired) electrons. The molecule has 1 aliphatic carbocycles. The number of methoxy groups -OCH3 is 1. The Kier molecular flexibility index (Phi) is 6.48. The van der Waals surface area contributed by atoms with E-state index in [4.69, 9.17) is 4.74 Å². The number of anilines is 2. The van der Waals surface area contributed by atoms with Crippen LogP contribution in [0.25, 0.3) is 10.9 Å². The van der Waals surface area contributed by atoms with Gasteiger partial charge in [-0.1, -0.05) is 26.8 Å². The topological polar surface area (TPSA) is 110 Å². The fraction of sp³-hybridized carbons (Fsp3) is 0.370. The molecule has 2 aromatic heterocycles. The van der Waals surface area contributed by atoms with E-state index in [0.29, 0.717) is 35.1 Å². The molecule has 1 saturated carbocycles. The molecule has 0 spiro atoms. The number of halogens is 1. The first-order chi connectivity index (χ1) is 17.8. The van der Waals surface area contributed by atoms with Crippen LogP contribution in [0.2, 0.25) is 0 Å². The van der Waals surface area contributed by atoms with Gasteiger partial charge in [0.05, 0.1) is 30.1 Å². The van der Waals surface area contributed by atoms with Gasteiger partial charge in [0, 0.05) is 48.3 Å². The SMILES string of the molecule is COc1cc(NC(C2=CN(C3CC3)NN2)c2ccc(F)nc2)cc2c(NCC(C)(C)C)c(C#N)cnc12. The monoisotopic (exact) mass is 502 g/mol. The van der Waals surface area contributed by atoms with Crippen molar-refractivity contribution < 1.29 is 9.13 Å². The van der Waals surface area contributed by atoms with E-state index >= 15 is 0 Å². The van der Waals surface area contributed by atoms with Crippen LogP contribution in [-0.2, 0) is 0 Å². The molecule has 1 aliphatic heterocycles. The van der Waals surface area contributed by atoms with Gasteiger partial charge in [-0.25, -0.2) is 4.98 Å². The molecule has 9 nitrogen and oxygen atoms in total. The second kappa shape index (κ2) is 9.75. The van der Waals surface area contributed by atoms with Gasteiger partial charge in [-0.3, -0.25) is 9.99 Å². The minimum absolute atomic E-state index is 0.00396. The number of nitrogens with zero attached hydrogens (tertiary/aromatic N) is 4. The summed E-state index contributed by atoms with van der Waals surface area (Å²) in [5.41, 5.74) is 10.7. The van der Waals surface area contributed by atoms with E-state index in [1.165, 1.54) is 12.3 Å². The molecule has 1 unspecified atom stereocenters. The number of rotatable bonds is 8. The van der Waals surface area contributed by atoms with E-state index in [1.807, 2.05) is 18.3 Å². The zero-order valence-corrected chi connectivity index (χ0v) is 21.4. The number of benzene rings is 1. The molecule has 5 rings (SSSR count). The van der Waals surface area contributed by atoms with Crippen molar-refractivity contribution in [1.29, 1.82) is 5.26 Å². The lowest BCUT2D eigenvalue weighted by atomic mass is 9.96. The Morgan fingerprint density at radius 3 is 2.70 bits per heavy atom. The van der Waals surface area contributed by atoms with Crippen molar-refractivity contribution in [3.63, 3.8) is 0 Å². The molecular weight excluding hydrogens is 471 g/mol. The summed E-state index contributed by atoms with van der Waals surface area (Å²) >= 11 is 0. The Morgan fingerprint density at radius 1 is 1.24 bits per heavy atom. The third-order valence-electron chi connectivity index (χ3n) is 6.33. The first-order valence-corrected chi connectivity index (χ1v) is 12.3. The number of pyridine rings is 2. The van der Waals surface area contributed by atoms with Gasteiger partial charge in [-0.2, -0.15) is 9.65 Å². The average Bonchev–Trinajstić information content (AvgIpc) is 3.62. The molecule has 1 fully saturated rings. The van der Waals surface area contributed by atoms with Crippen LogP contribution in [-0.4, -0.2) is 34.7 Å². The summed E-state index contributed by atoms with van der Waals surface area (Å²) in [6.07, 6.45) is 7.40. The zero-order chi connectivity index (χ0) is 26.2. The normalized spacial score (nSPS) is 16.1. The van der Waals surface area contributed by atoms with Crippen LogP contribution in [0.5, 0.6) is 5.75 Å². The van der Waals surface area contributed by atoms with Crippen LogP contribution in [0, 0.1) is 22.7 Å². The Morgan fingerprint density at radius 2 is 2.05 bits per heavy atom. The molecule has 0 amide bonds. The first-order valence-electron chi connectivity index (χ1n) is 12.3. The highest BCUT2D eigenvalue weighted by Gasteiger charge is 2.32. The van der Waals surface area contributed by atoms with Gasteiger partial charge in [0.25, 0.3) is 0 Å². The average molecular weight is 503 g/mol. The Labute approximate surface area is 215 Å². The third kappa shape index (κ3) is 5.37. The molecule has 192 valence electrons. The van der Waals surface area contributed by atoms with Crippen LogP contribution in [0.15, 0.2) is 48.6 Å². The Balaban J connectivity index is 1.57. The van der Waals surface area contributed by atoms with E-state index in [1.54, 1.807) is 19.4 Å². The number of nitriles is 1. The fourth-order valence-corrected chi connectivity index (χ4v) is 4.24. The van der Waals surface area contributed by atoms with Gasteiger partial charge in [0.2, 0.25) is 5.95 Å². The molecule has 3 heterocycles. The number of nitrogens with one attached hydrogen (secondary N) is 4. The lowest BCUT2D eigenvalue weighted by Crippen LogP contribution is -2.38.